The van der Waals surface area contributed by atoms with Gasteiger partial charge in [0.2, 0.25) is 11.6 Å². The molecule has 0 radical (unpaired) electrons. The molecule has 1 aromatic carbocycles. The van der Waals surface area contributed by atoms with Crippen LogP contribution in [0.3, 0.4) is 0 Å². The average Bonchev–Trinajstić information content (AvgIpc) is 3.40. The standard InChI is InChI=1S/C30H36F5N3O3/c31-23-17-21(22-5-1-2-13-29(22,32)27(40)38-14-3-6-24(38)26(36)39)7-8-25(23)41-18-20-9-15-37(16-10-20)19-28(11-4-12-28)30(33,34)35/h1-2,5,7-8,13,17,20,22,24H,3-4,6,9-12,14-16,18-19H2,(H2,36,39)/t22?,24-,29?/m0/s1. The Hall–Kier alpha value is -2.95. The van der Waals surface area contributed by atoms with Gasteiger partial charge < -0.3 is 20.3 Å². The summed E-state index contributed by atoms with van der Waals surface area (Å²) >= 11 is 0. The van der Waals surface area contributed by atoms with Gasteiger partial charge in [0.1, 0.15) is 6.04 Å². The fourth-order valence-corrected chi connectivity index (χ4v) is 6.61. The number of amides is 2. The molecule has 1 aromatic rings. The molecule has 0 bridgehead atoms. The Morgan fingerprint density at radius 2 is 1.78 bits per heavy atom. The molecular weight excluding hydrogens is 545 g/mol. The number of halogens is 5. The predicted octanol–water partition coefficient (Wildman–Crippen LogP) is 5.04. The number of hydrogen-bond acceptors (Lipinski definition) is 4. The molecule has 5 rings (SSSR count). The van der Waals surface area contributed by atoms with Crippen LogP contribution in [0.5, 0.6) is 5.75 Å². The molecule has 2 N–H and O–H groups in total. The molecule has 2 amide bonds. The zero-order chi connectivity index (χ0) is 29.4. The number of carbonyl (C=O) groups excluding carboxylic acids is 2. The van der Waals surface area contributed by atoms with Crippen LogP contribution in [0.15, 0.2) is 42.5 Å². The number of primary amides is 1. The van der Waals surface area contributed by atoms with Crippen molar-refractivity contribution in [3.05, 3.63) is 53.9 Å². The minimum atomic E-state index is -4.19. The lowest BCUT2D eigenvalue weighted by atomic mass is 9.67. The summed E-state index contributed by atoms with van der Waals surface area (Å²) in [5, 5.41) is 0. The molecular formula is C30H36F5N3O3. The van der Waals surface area contributed by atoms with Gasteiger partial charge in [0.15, 0.2) is 11.6 Å². The van der Waals surface area contributed by atoms with Gasteiger partial charge in [-0.2, -0.15) is 13.2 Å². The van der Waals surface area contributed by atoms with Crippen molar-refractivity contribution in [3.8, 4) is 5.75 Å². The van der Waals surface area contributed by atoms with Crippen molar-refractivity contribution in [3.63, 3.8) is 0 Å². The summed E-state index contributed by atoms with van der Waals surface area (Å²) < 4.78 is 77.8. The normalized spacial score (nSPS) is 28.5. The first-order valence-corrected chi connectivity index (χ1v) is 14.3. The van der Waals surface area contributed by atoms with E-state index in [1.165, 1.54) is 29.2 Å². The molecule has 2 saturated heterocycles. The fourth-order valence-electron chi connectivity index (χ4n) is 6.61. The van der Waals surface area contributed by atoms with E-state index in [2.05, 4.69) is 0 Å². The van der Waals surface area contributed by atoms with Crippen molar-refractivity contribution in [1.29, 1.82) is 0 Å². The van der Waals surface area contributed by atoms with Crippen LogP contribution in [0.1, 0.15) is 56.4 Å². The van der Waals surface area contributed by atoms with Crippen molar-refractivity contribution in [2.75, 3.05) is 32.8 Å². The summed E-state index contributed by atoms with van der Waals surface area (Å²) in [6.07, 6.45) is 4.63. The molecule has 2 heterocycles. The number of carbonyl (C=O) groups is 2. The lowest BCUT2D eigenvalue weighted by Gasteiger charge is -2.47. The van der Waals surface area contributed by atoms with Crippen LogP contribution in [-0.2, 0) is 9.59 Å². The van der Waals surface area contributed by atoms with Crippen LogP contribution in [0.2, 0.25) is 0 Å². The third kappa shape index (κ3) is 5.74. The minimum Gasteiger partial charge on any atom is -0.490 e. The van der Waals surface area contributed by atoms with E-state index in [1.807, 2.05) is 4.90 Å². The van der Waals surface area contributed by atoms with Crippen molar-refractivity contribution >= 4 is 11.8 Å². The smallest absolute Gasteiger partial charge is 0.395 e. The largest absolute Gasteiger partial charge is 0.490 e. The number of benzene rings is 1. The Bertz CT molecular complexity index is 1210. The van der Waals surface area contributed by atoms with Gasteiger partial charge >= 0.3 is 6.18 Å². The van der Waals surface area contributed by atoms with Crippen molar-refractivity contribution in [2.45, 2.75) is 68.8 Å². The summed E-state index contributed by atoms with van der Waals surface area (Å²) in [5.41, 5.74) is 1.57. The zero-order valence-corrected chi connectivity index (χ0v) is 22.8. The first-order chi connectivity index (χ1) is 19.4. The molecule has 224 valence electrons. The lowest BCUT2D eigenvalue weighted by molar-refractivity contribution is -0.256. The third-order valence-corrected chi connectivity index (χ3v) is 9.31. The molecule has 0 spiro atoms. The maximum atomic E-state index is 16.4. The highest BCUT2D eigenvalue weighted by Gasteiger charge is 2.58. The van der Waals surface area contributed by atoms with E-state index in [9.17, 15) is 22.8 Å². The molecule has 2 unspecified atom stereocenters. The maximum Gasteiger partial charge on any atom is 0.395 e. The van der Waals surface area contributed by atoms with E-state index in [-0.39, 0.29) is 49.8 Å². The number of nitrogens with two attached hydrogens (primary N) is 1. The highest BCUT2D eigenvalue weighted by molar-refractivity contribution is 5.94. The second kappa shape index (κ2) is 11.4. The lowest BCUT2D eigenvalue weighted by Crippen LogP contribution is -2.53. The number of piperidine rings is 1. The number of likely N-dealkylation sites (tertiary alicyclic amines) is 2. The first-order valence-electron chi connectivity index (χ1n) is 14.3. The number of rotatable bonds is 8. The van der Waals surface area contributed by atoms with E-state index in [1.54, 1.807) is 6.08 Å². The molecule has 6 nitrogen and oxygen atoms in total. The minimum absolute atomic E-state index is 0.0128. The van der Waals surface area contributed by atoms with Gasteiger partial charge in [-0.3, -0.25) is 9.59 Å². The SMILES string of the molecule is NC(=O)[C@@H]1CCCN1C(=O)C1(F)C=CC=CC1c1ccc(OCC2CCN(CC3(C(F)(F)F)CCC3)CC2)c(F)c1. The second-order valence-electron chi connectivity index (χ2n) is 11.9. The molecule has 3 fully saturated rings. The van der Waals surface area contributed by atoms with E-state index in [0.717, 1.165) is 12.1 Å². The molecule has 41 heavy (non-hydrogen) atoms. The Kier molecular flexibility index (Phi) is 8.20. The molecule has 1 saturated carbocycles. The van der Waals surface area contributed by atoms with Crippen molar-refractivity contribution < 1.29 is 36.3 Å². The van der Waals surface area contributed by atoms with Gasteiger partial charge in [0, 0.05) is 19.0 Å². The van der Waals surface area contributed by atoms with Gasteiger partial charge in [0.25, 0.3) is 5.91 Å². The third-order valence-electron chi connectivity index (χ3n) is 9.31. The van der Waals surface area contributed by atoms with E-state index in [4.69, 9.17) is 10.5 Å². The highest BCUT2D eigenvalue weighted by Crippen LogP contribution is 2.53. The molecule has 2 aliphatic carbocycles. The van der Waals surface area contributed by atoms with Crippen LogP contribution in [0, 0.1) is 17.2 Å². The topological polar surface area (TPSA) is 75.9 Å². The van der Waals surface area contributed by atoms with Crippen molar-refractivity contribution in [1.82, 2.24) is 9.80 Å². The zero-order valence-electron chi connectivity index (χ0n) is 22.8. The predicted molar refractivity (Wildman–Crippen MR) is 142 cm³/mol. The molecule has 2 aliphatic heterocycles. The number of ether oxygens (including phenoxy) is 1. The number of allylic oxidation sites excluding steroid dienone is 3. The van der Waals surface area contributed by atoms with Crippen LogP contribution in [-0.4, -0.2) is 72.3 Å². The van der Waals surface area contributed by atoms with Gasteiger partial charge in [-0.05, 0) is 81.3 Å². The van der Waals surface area contributed by atoms with Crippen LogP contribution >= 0.6 is 0 Å². The Morgan fingerprint density at radius 3 is 2.39 bits per heavy atom. The highest BCUT2D eigenvalue weighted by atomic mass is 19.4. The Labute approximate surface area is 236 Å². The molecule has 4 aliphatic rings. The monoisotopic (exact) mass is 581 g/mol. The molecule has 0 aromatic heterocycles. The summed E-state index contributed by atoms with van der Waals surface area (Å²) in [6.45, 7) is 1.54. The van der Waals surface area contributed by atoms with E-state index in [0.29, 0.717) is 45.2 Å². The first kappa shape index (κ1) is 29.5. The molecule has 11 heteroatoms. The van der Waals surface area contributed by atoms with Crippen molar-refractivity contribution in [2.24, 2.45) is 17.1 Å². The Morgan fingerprint density at radius 1 is 1.05 bits per heavy atom. The Balaban J connectivity index is 1.19. The molecule has 3 atom stereocenters. The van der Waals surface area contributed by atoms with E-state index < -0.39 is 46.9 Å². The number of nitrogens with zero attached hydrogens (tertiary/aromatic N) is 2. The van der Waals surface area contributed by atoms with Gasteiger partial charge in [-0.15, -0.1) is 0 Å². The average molecular weight is 582 g/mol. The van der Waals surface area contributed by atoms with E-state index >= 15 is 8.78 Å². The quantitative estimate of drug-likeness (QED) is 0.437. The number of hydrogen-bond donors (Lipinski definition) is 1. The van der Waals surface area contributed by atoms with Crippen LogP contribution in [0.25, 0.3) is 0 Å². The summed E-state index contributed by atoms with van der Waals surface area (Å²) in [7, 11) is 0. The van der Waals surface area contributed by atoms with Crippen LogP contribution in [0.4, 0.5) is 22.0 Å². The summed E-state index contributed by atoms with van der Waals surface area (Å²) in [4.78, 5) is 28.2. The number of alkyl halides is 4. The van der Waals surface area contributed by atoms with Crippen LogP contribution < -0.4 is 10.5 Å². The van der Waals surface area contributed by atoms with Gasteiger partial charge in [0.05, 0.1) is 12.0 Å². The fraction of sp³-hybridized carbons (Fsp3) is 0.600. The van der Waals surface area contributed by atoms with Gasteiger partial charge in [-0.1, -0.05) is 30.7 Å². The van der Waals surface area contributed by atoms with Gasteiger partial charge in [-0.25, -0.2) is 8.78 Å². The summed E-state index contributed by atoms with van der Waals surface area (Å²) in [6, 6.07) is 3.20. The summed E-state index contributed by atoms with van der Waals surface area (Å²) in [5.74, 6) is -3.32. The second-order valence-corrected chi connectivity index (χ2v) is 11.9. The maximum absolute atomic E-state index is 16.4.